The maximum Gasteiger partial charge on any atom is 0.326 e. The van der Waals surface area contributed by atoms with Crippen molar-refractivity contribution >= 4 is 11.9 Å². The first-order valence-electron chi connectivity index (χ1n) is 11.6. The quantitative estimate of drug-likeness (QED) is 0.375. The fourth-order valence-corrected chi connectivity index (χ4v) is 3.79. The topological polar surface area (TPSA) is 94.1 Å². The van der Waals surface area contributed by atoms with Gasteiger partial charge in [0, 0.05) is 6.42 Å². The number of carboxylic acid groups (broad SMARTS) is 1. The zero-order chi connectivity index (χ0) is 27.1. The molecule has 0 aliphatic heterocycles. The summed E-state index contributed by atoms with van der Waals surface area (Å²) >= 11 is 0. The highest BCUT2D eigenvalue weighted by molar-refractivity contribution is 5.97. The Morgan fingerprint density at radius 1 is 0.919 bits per heavy atom. The number of ether oxygens (including phenoxy) is 3. The molecule has 0 aliphatic carbocycles. The van der Waals surface area contributed by atoms with Crippen molar-refractivity contribution in [2.24, 2.45) is 0 Å². The van der Waals surface area contributed by atoms with E-state index in [1.807, 2.05) is 26.0 Å². The van der Waals surface area contributed by atoms with Gasteiger partial charge in [0.25, 0.3) is 5.91 Å². The molecule has 37 heavy (non-hydrogen) atoms. The fourth-order valence-electron chi connectivity index (χ4n) is 3.79. The third-order valence-electron chi connectivity index (χ3n) is 5.62. The lowest BCUT2D eigenvalue weighted by molar-refractivity contribution is -0.139. The van der Waals surface area contributed by atoms with Crippen molar-refractivity contribution in [3.05, 3.63) is 82.9 Å². The summed E-state index contributed by atoms with van der Waals surface area (Å²) in [5.41, 5.74) is 2.12. The van der Waals surface area contributed by atoms with Crippen LogP contribution in [-0.2, 0) is 22.6 Å². The van der Waals surface area contributed by atoms with Crippen LogP contribution in [-0.4, -0.2) is 43.3 Å². The highest BCUT2D eigenvalue weighted by atomic mass is 19.1. The molecular weight excluding hydrogens is 484 g/mol. The summed E-state index contributed by atoms with van der Waals surface area (Å²) < 4.78 is 44.8. The number of hydrogen-bond acceptors (Lipinski definition) is 5. The minimum absolute atomic E-state index is 0.0642. The van der Waals surface area contributed by atoms with E-state index in [1.54, 1.807) is 38.5 Å². The highest BCUT2D eigenvalue weighted by Gasteiger charge is 2.25. The first-order valence-corrected chi connectivity index (χ1v) is 11.6. The predicted molar refractivity (Wildman–Crippen MR) is 134 cm³/mol. The van der Waals surface area contributed by atoms with Crippen LogP contribution in [0, 0.1) is 11.6 Å². The van der Waals surface area contributed by atoms with Crippen molar-refractivity contribution < 1.29 is 37.7 Å². The summed E-state index contributed by atoms with van der Waals surface area (Å²) in [6.45, 7) is 4.29. The first-order chi connectivity index (χ1) is 17.6. The molecule has 0 radical (unpaired) electrons. The molecular formula is C28H29F2NO6. The molecule has 0 saturated heterocycles. The molecule has 0 bridgehead atoms. The van der Waals surface area contributed by atoms with E-state index < -0.39 is 35.1 Å². The third kappa shape index (κ3) is 6.83. The Labute approximate surface area is 214 Å². The third-order valence-corrected chi connectivity index (χ3v) is 5.62. The molecule has 0 aliphatic rings. The lowest BCUT2D eigenvalue weighted by Crippen LogP contribution is -2.42. The standard InChI is InChI=1S/C28H29F2NO6/c1-16(2)37-15-18-13-23(35-3)25(24(14-18)36-4)19-10-8-17(9-11-19)12-22(28(33)34)31-27(32)26-20(29)6-5-7-21(26)30/h5-11,13-14,16,22H,12,15H2,1-4H3,(H,31,32)(H,33,34)/t22-/m0/s1. The summed E-state index contributed by atoms with van der Waals surface area (Å²) in [5, 5.41) is 11.8. The van der Waals surface area contributed by atoms with Gasteiger partial charge in [0.1, 0.15) is 34.7 Å². The summed E-state index contributed by atoms with van der Waals surface area (Å²) in [4.78, 5) is 24.2. The van der Waals surface area contributed by atoms with Crippen LogP contribution in [0.2, 0.25) is 0 Å². The van der Waals surface area contributed by atoms with Gasteiger partial charge in [-0.15, -0.1) is 0 Å². The highest BCUT2D eigenvalue weighted by Crippen LogP contribution is 2.40. The van der Waals surface area contributed by atoms with E-state index in [4.69, 9.17) is 14.2 Å². The van der Waals surface area contributed by atoms with E-state index >= 15 is 0 Å². The first kappa shape index (κ1) is 27.6. The fraction of sp³-hybridized carbons (Fsp3) is 0.286. The Kier molecular flexibility index (Phi) is 9.19. The van der Waals surface area contributed by atoms with E-state index in [0.29, 0.717) is 29.2 Å². The number of nitrogens with one attached hydrogen (secondary N) is 1. The van der Waals surface area contributed by atoms with Crippen molar-refractivity contribution in [3.8, 4) is 22.6 Å². The van der Waals surface area contributed by atoms with Gasteiger partial charge in [0.15, 0.2) is 0 Å². The number of hydrogen-bond donors (Lipinski definition) is 2. The second-order valence-electron chi connectivity index (χ2n) is 8.60. The Morgan fingerprint density at radius 3 is 1.97 bits per heavy atom. The average molecular weight is 514 g/mol. The molecule has 1 atom stereocenters. The largest absolute Gasteiger partial charge is 0.496 e. The minimum atomic E-state index is -1.40. The molecule has 0 heterocycles. The van der Waals surface area contributed by atoms with Crippen LogP contribution < -0.4 is 14.8 Å². The van der Waals surface area contributed by atoms with E-state index in [1.165, 1.54) is 0 Å². The van der Waals surface area contributed by atoms with Gasteiger partial charge in [-0.25, -0.2) is 13.6 Å². The summed E-state index contributed by atoms with van der Waals surface area (Å²) in [6.07, 6.45) is -0.0358. The molecule has 3 rings (SSSR count). The Bertz CT molecular complexity index is 1210. The number of benzene rings is 3. The van der Waals surface area contributed by atoms with Gasteiger partial charge in [-0.3, -0.25) is 4.79 Å². The molecule has 0 fully saturated rings. The minimum Gasteiger partial charge on any atom is -0.496 e. The van der Waals surface area contributed by atoms with Crippen molar-refractivity contribution in [3.63, 3.8) is 0 Å². The molecule has 0 spiro atoms. The maximum atomic E-state index is 13.9. The predicted octanol–water partition coefficient (Wildman–Crippen LogP) is 5.00. The van der Waals surface area contributed by atoms with Crippen molar-refractivity contribution in [2.75, 3.05) is 14.2 Å². The van der Waals surface area contributed by atoms with Crippen molar-refractivity contribution in [1.29, 1.82) is 0 Å². The lowest BCUT2D eigenvalue weighted by Gasteiger charge is -2.18. The van der Waals surface area contributed by atoms with E-state index in [9.17, 15) is 23.5 Å². The molecule has 3 aromatic rings. The number of halogens is 2. The van der Waals surface area contributed by atoms with E-state index in [-0.39, 0.29) is 12.5 Å². The van der Waals surface area contributed by atoms with Gasteiger partial charge in [-0.1, -0.05) is 30.3 Å². The van der Waals surface area contributed by atoms with Gasteiger partial charge < -0.3 is 24.6 Å². The van der Waals surface area contributed by atoms with Gasteiger partial charge in [-0.05, 0) is 54.8 Å². The molecule has 0 unspecified atom stereocenters. The molecule has 196 valence electrons. The Morgan fingerprint density at radius 2 is 1.49 bits per heavy atom. The van der Waals surface area contributed by atoms with E-state index in [0.717, 1.165) is 29.3 Å². The number of carbonyl (C=O) groups is 2. The zero-order valence-electron chi connectivity index (χ0n) is 21.0. The molecule has 9 heteroatoms. The normalized spacial score (nSPS) is 11.8. The van der Waals surface area contributed by atoms with Crippen LogP contribution in [0.5, 0.6) is 11.5 Å². The van der Waals surface area contributed by atoms with Crippen molar-refractivity contribution in [1.82, 2.24) is 5.32 Å². The number of methoxy groups -OCH3 is 2. The summed E-state index contributed by atoms with van der Waals surface area (Å²) in [6, 6.07) is 12.3. The second kappa shape index (κ2) is 12.3. The zero-order valence-corrected chi connectivity index (χ0v) is 21.0. The van der Waals surface area contributed by atoms with Gasteiger partial charge in [0.2, 0.25) is 0 Å². The number of rotatable bonds is 11. The molecule has 1 amide bonds. The smallest absolute Gasteiger partial charge is 0.326 e. The van der Waals surface area contributed by atoms with E-state index in [2.05, 4.69) is 5.32 Å². The van der Waals surface area contributed by atoms with Crippen LogP contribution in [0.1, 0.15) is 35.3 Å². The molecule has 0 aromatic heterocycles. The van der Waals surface area contributed by atoms with Crippen LogP contribution in [0.4, 0.5) is 8.78 Å². The van der Waals surface area contributed by atoms with Crippen LogP contribution in [0.25, 0.3) is 11.1 Å². The molecule has 2 N–H and O–H groups in total. The number of amides is 1. The van der Waals surface area contributed by atoms with Gasteiger partial charge in [-0.2, -0.15) is 0 Å². The summed E-state index contributed by atoms with van der Waals surface area (Å²) in [7, 11) is 3.11. The summed E-state index contributed by atoms with van der Waals surface area (Å²) in [5.74, 6) is -3.47. The maximum absolute atomic E-state index is 13.9. The number of carbonyl (C=O) groups excluding carboxylic acids is 1. The Hall–Kier alpha value is -3.98. The number of aliphatic carboxylic acids is 1. The number of carboxylic acids is 1. The monoisotopic (exact) mass is 513 g/mol. The van der Waals surface area contributed by atoms with Gasteiger partial charge in [0.05, 0.1) is 32.5 Å². The van der Waals surface area contributed by atoms with Crippen LogP contribution in [0.3, 0.4) is 0 Å². The van der Waals surface area contributed by atoms with Crippen molar-refractivity contribution in [2.45, 2.75) is 39.0 Å². The second-order valence-corrected chi connectivity index (χ2v) is 8.60. The molecule has 0 saturated carbocycles. The lowest BCUT2D eigenvalue weighted by atomic mass is 9.98. The van der Waals surface area contributed by atoms with Crippen LogP contribution >= 0.6 is 0 Å². The van der Waals surface area contributed by atoms with Gasteiger partial charge >= 0.3 is 5.97 Å². The SMILES string of the molecule is COc1cc(COC(C)C)cc(OC)c1-c1ccc(C[C@H](NC(=O)c2c(F)cccc2F)C(=O)O)cc1. The average Bonchev–Trinajstić information content (AvgIpc) is 2.86. The molecule has 3 aromatic carbocycles. The molecule has 7 nitrogen and oxygen atoms in total. The Balaban J connectivity index is 1.83. The van der Waals surface area contributed by atoms with Crippen LogP contribution in [0.15, 0.2) is 54.6 Å².